The largest absolute Gasteiger partial charge is 0.463 e. The molecule has 2 heterocycles. The fourth-order valence-electron chi connectivity index (χ4n) is 2.61. The van der Waals surface area contributed by atoms with Gasteiger partial charge in [0.15, 0.2) is 5.52 Å². The summed E-state index contributed by atoms with van der Waals surface area (Å²) in [6, 6.07) is 0.362. The summed E-state index contributed by atoms with van der Waals surface area (Å²) in [5.41, 5.74) is 0.332. The standard InChI is InChI=1S/C13H18N4O2/c1-16-12(18)11-7-14-9-17(11)15-13(16)19-8-10-5-3-2-4-6-10/h7,9-10H,2-6,8H2,1H3. The van der Waals surface area contributed by atoms with Gasteiger partial charge in [0.05, 0.1) is 12.8 Å². The summed E-state index contributed by atoms with van der Waals surface area (Å²) in [7, 11) is 1.68. The maximum Gasteiger partial charge on any atom is 0.316 e. The van der Waals surface area contributed by atoms with Crippen LogP contribution in [-0.2, 0) is 7.05 Å². The van der Waals surface area contributed by atoms with E-state index in [2.05, 4.69) is 10.1 Å². The molecular weight excluding hydrogens is 244 g/mol. The van der Waals surface area contributed by atoms with Crippen LogP contribution >= 0.6 is 0 Å². The number of rotatable bonds is 3. The summed E-state index contributed by atoms with van der Waals surface area (Å²) in [6.07, 6.45) is 9.34. The summed E-state index contributed by atoms with van der Waals surface area (Å²) in [5, 5.41) is 4.27. The van der Waals surface area contributed by atoms with Gasteiger partial charge in [0.2, 0.25) is 0 Å². The molecule has 0 N–H and O–H groups in total. The lowest BCUT2D eigenvalue weighted by Gasteiger charge is -2.21. The molecule has 0 unspecified atom stereocenters. The van der Waals surface area contributed by atoms with Crippen LogP contribution in [0.25, 0.3) is 5.52 Å². The molecule has 1 fully saturated rings. The zero-order valence-corrected chi connectivity index (χ0v) is 11.1. The van der Waals surface area contributed by atoms with Gasteiger partial charge in [-0.05, 0) is 18.8 Å². The predicted octanol–water partition coefficient (Wildman–Crippen LogP) is 1.39. The second kappa shape index (κ2) is 5.03. The molecule has 0 spiro atoms. The van der Waals surface area contributed by atoms with E-state index < -0.39 is 0 Å². The summed E-state index contributed by atoms with van der Waals surface area (Å²) >= 11 is 0. The van der Waals surface area contributed by atoms with Crippen molar-refractivity contribution in [2.75, 3.05) is 6.61 Å². The van der Waals surface area contributed by atoms with E-state index in [-0.39, 0.29) is 5.56 Å². The van der Waals surface area contributed by atoms with Gasteiger partial charge >= 0.3 is 6.01 Å². The van der Waals surface area contributed by atoms with Gasteiger partial charge in [0.25, 0.3) is 5.56 Å². The molecule has 1 saturated carbocycles. The Morgan fingerprint density at radius 2 is 2.16 bits per heavy atom. The zero-order chi connectivity index (χ0) is 13.2. The van der Waals surface area contributed by atoms with Crippen LogP contribution in [0.5, 0.6) is 6.01 Å². The summed E-state index contributed by atoms with van der Waals surface area (Å²) in [6.45, 7) is 0.639. The Balaban J connectivity index is 1.80. The molecule has 0 radical (unpaired) electrons. The highest BCUT2D eigenvalue weighted by Gasteiger charge is 2.16. The molecule has 102 valence electrons. The first-order valence-electron chi connectivity index (χ1n) is 6.78. The second-order valence-electron chi connectivity index (χ2n) is 5.19. The minimum Gasteiger partial charge on any atom is -0.463 e. The molecule has 0 amide bonds. The summed E-state index contributed by atoms with van der Waals surface area (Å²) in [4.78, 5) is 16.0. The summed E-state index contributed by atoms with van der Waals surface area (Å²) < 4.78 is 8.65. The van der Waals surface area contributed by atoms with E-state index in [0.29, 0.717) is 24.1 Å². The van der Waals surface area contributed by atoms with Gasteiger partial charge < -0.3 is 4.74 Å². The van der Waals surface area contributed by atoms with Crippen molar-refractivity contribution in [3.05, 3.63) is 22.9 Å². The molecule has 1 aliphatic carbocycles. The highest BCUT2D eigenvalue weighted by molar-refractivity contribution is 5.40. The Kier molecular flexibility index (Phi) is 3.23. The van der Waals surface area contributed by atoms with Gasteiger partial charge in [-0.1, -0.05) is 19.3 Å². The topological polar surface area (TPSA) is 61.4 Å². The maximum absolute atomic E-state index is 12.0. The molecule has 0 aromatic carbocycles. The van der Waals surface area contributed by atoms with E-state index in [4.69, 9.17) is 4.74 Å². The van der Waals surface area contributed by atoms with Crippen molar-refractivity contribution < 1.29 is 4.74 Å². The Bertz CT molecular complexity index is 625. The predicted molar refractivity (Wildman–Crippen MR) is 70.3 cm³/mol. The lowest BCUT2D eigenvalue weighted by molar-refractivity contribution is 0.186. The van der Waals surface area contributed by atoms with Crippen molar-refractivity contribution in [3.63, 3.8) is 0 Å². The van der Waals surface area contributed by atoms with Gasteiger partial charge in [-0.15, -0.1) is 5.10 Å². The molecule has 0 aliphatic heterocycles. The van der Waals surface area contributed by atoms with Crippen LogP contribution in [0.15, 0.2) is 17.3 Å². The van der Waals surface area contributed by atoms with Crippen LogP contribution in [-0.4, -0.2) is 25.8 Å². The zero-order valence-electron chi connectivity index (χ0n) is 11.1. The van der Waals surface area contributed by atoms with Gasteiger partial charge in [-0.3, -0.25) is 9.36 Å². The van der Waals surface area contributed by atoms with Crippen LogP contribution in [0.1, 0.15) is 32.1 Å². The Morgan fingerprint density at radius 1 is 1.37 bits per heavy atom. The van der Waals surface area contributed by atoms with Crippen LogP contribution < -0.4 is 10.3 Å². The average Bonchev–Trinajstić information content (AvgIpc) is 2.91. The second-order valence-corrected chi connectivity index (χ2v) is 5.19. The summed E-state index contributed by atoms with van der Waals surface area (Å²) in [5.74, 6) is 0.587. The number of aromatic nitrogens is 4. The third-order valence-corrected chi connectivity index (χ3v) is 3.80. The monoisotopic (exact) mass is 262 g/mol. The van der Waals surface area contributed by atoms with E-state index in [0.717, 1.165) is 0 Å². The molecule has 6 heteroatoms. The van der Waals surface area contributed by atoms with Gasteiger partial charge in [-0.2, -0.15) is 0 Å². The minimum atomic E-state index is -0.133. The fourth-order valence-corrected chi connectivity index (χ4v) is 2.61. The molecule has 2 aromatic rings. The quantitative estimate of drug-likeness (QED) is 0.838. The van der Waals surface area contributed by atoms with Crippen LogP contribution in [0, 0.1) is 5.92 Å². The number of hydrogen-bond acceptors (Lipinski definition) is 4. The number of fused-ring (bicyclic) bond motifs is 1. The van der Waals surface area contributed by atoms with Crippen LogP contribution in [0.2, 0.25) is 0 Å². The van der Waals surface area contributed by atoms with E-state index in [1.807, 2.05) is 0 Å². The molecule has 0 bridgehead atoms. The molecule has 0 atom stereocenters. The van der Waals surface area contributed by atoms with E-state index in [1.165, 1.54) is 53.7 Å². The number of ether oxygens (including phenoxy) is 1. The van der Waals surface area contributed by atoms with Crippen molar-refractivity contribution in [1.29, 1.82) is 0 Å². The molecule has 6 nitrogen and oxygen atoms in total. The van der Waals surface area contributed by atoms with Crippen molar-refractivity contribution in [3.8, 4) is 6.01 Å². The molecule has 0 saturated heterocycles. The number of nitrogens with zero attached hydrogens (tertiary/aromatic N) is 4. The Morgan fingerprint density at radius 3 is 2.95 bits per heavy atom. The third kappa shape index (κ3) is 2.34. The van der Waals surface area contributed by atoms with Crippen molar-refractivity contribution >= 4 is 5.52 Å². The van der Waals surface area contributed by atoms with Crippen LogP contribution in [0.4, 0.5) is 0 Å². The van der Waals surface area contributed by atoms with Gasteiger partial charge in [-0.25, -0.2) is 9.50 Å². The average molecular weight is 262 g/mol. The van der Waals surface area contributed by atoms with E-state index in [9.17, 15) is 4.79 Å². The fraction of sp³-hybridized carbons (Fsp3) is 0.615. The number of hydrogen-bond donors (Lipinski definition) is 0. The Labute approximate surface area is 111 Å². The first kappa shape index (κ1) is 12.2. The normalized spacial score (nSPS) is 16.9. The number of imidazole rings is 1. The first-order chi connectivity index (χ1) is 9.25. The molecule has 1 aliphatic rings. The Hall–Kier alpha value is -1.85. The van der Waals surface area contributed by atoms with Gasteiger partial charge in [0, 0.05) is 7.05 Å². The molecular formula is C13H18N4O2. The van der Waals surface area contributed by atoms with Crippen molar-refractivity contribution in [1.82, 2.24) is 19.2 Å². The van der Waals surface area contributed by atoms with E-state index in [1.54, 1.807) is 7.05 Å². The highest BCUT2D eigenvalue weighted by atomic mass is 16.5. The highest BCUT2D eigenvalue weighted by Crippen LogP contribution is 2.23. The lowest BCUT2D eigenvalue weighted by Crippen LogP contribution is -2.25. The molecule has 2 aromatic heterocycles. The van der Waals surface area contributed by atoms with Gasteiger partial charge in [0.1, 0.15) is 6.33 Å². The lowest BCUT2D eigenvalue weighted by atomic mass is 9.90. The minimum absolute atomic E-state index is 0.133. The van der Waals surface area contributed by atoms with Crippen LogP contribution in [0.3, 0.4) is 0 Å². The maximum atomic E-state index is 12.0. The smallest absolute Gasteiger partial charge is 0.316 e. The first-order valence-corrected chi connectivity index (χ1v) is 6.78. The third-order valence-electron chi connectivity index (χ3n) is 3.80. The van der Waals surface area contributed by atoms with Crippen molar-refractivity contribution in [2.45, 2.75) is 32.1 Å². The molecule has 3 rings (SSSR count). The SMILES string of the molecule is Cn1c(OCC2CCCCC2)nn2cncc2c1=O. The van der Waals surface area contributed by atoms with Crippen molar-refractivity contribution in [2.24, 2.45) is 13.0 Å². The molecule has 19 heavy (non-hydrogen) atoms. The van der Waals surface area contributed by atoms with E-state index >= 15 is 0 Å².